The van der Waals surface area contributed by atoms with Gasteiger partial charge in [-0.15, -0.1) is 0 Å². The summed E-state index contributed by atoms with van der Waals surface area (Å²) in [5.41, 5.74) is 1.68. The molecule has 0 fully saturated rings. The fourth-order valence-electron chi connectivity index (χ4n) is 1.99. The van der Waals surface area contributed by atoms with E-state index in [1.54, 1.807) is 11.9 Å². The molecule has 1 unspecified atom stereocenters. The second kappa shape index (κ2) is 6.95. The third-order valence-corrected chi connectivity index (χ3v) is 4.85. The van der Waals surface area contributed by atoms with Crippen LogP contribution in [0.3, 0.4) is 0 Å². The molecule has 0 heterocycles. The van der Waals surface area contributed by atoms with E-state index in [0.717, 1.165) is 14.5 Å². The first-order valence-corrected chi connectivity index (χ1v) is 8.34. The monoisotopic (exact) mass is 429 g/mol. The van der Waals surface area contributed by atoms with Crippen molar-refractivity contribution in [2.45, 2.75) is 13.0 Å². The summed E-state index contributed by atoms with van der Waals surface area (Å²) < 4.78 is 1.66. The highest BCUT2D eigenvalue weighted by Gasteiger charge is 2.21. The van der Waals surface area contributed by atoms with Crippen molar-refractivity contribution >= 4 is 49.4 Å². The van der Waals surface area contributed by atoms with Crippen molar-refractivity contribution in [2.75, 3.05) is 7.05 Å². The molecule has 0 aromatic heterocycles. The summed E-state index contributed by atoms with van der Waals surface area (Å²) in [5, 5.41) is 0.690. The lowest BCUT2D eigenvalue weighted by molar-refractivity contribution is 0.0741. The van der Waals surface area contributed by atoms with E-state index in [4.69, 9.17) is 11.6 Å². The summed E-state index contributed by atoms with van der Waals surface area (Å²) in [7, 11) is 1.80. The molecule has 0 aliphatic rings. The van der Waals surface area contributed by atoms with Gasteiger partial charge in [-0.25, -0.2) is 0 Å². The molecule has 2 nitrogen and oxygen atoms in total. The molecule has 2 aromatic carbocycles. The summed E-state index contributed by atoms with van der Waals surface area (Å²) in [5.74, 6) is -0.0365. The number of benzene rings is 2. The molecular weight excluding hydrogens is 417 g/mol. The van der Waals surface area contributed by atoms with E-state index in [9.17, 15) is 4.79 Å². The van der Waals surface area contributed by atoms with Crippen LogP contribution >= 0.6 is 43.5 Å². The Labute approximate surface area is 146 Å². The Morgan fingerprint density at radius 2 is 1.76 bits per heavy atom. The average Bonchev–Trinajstić information content (AvgIpc) is 2.48. The van der Waals surface area contributed by atoms with Crippen molar-refractivity contribution in [1.29, 1.82) is 0 Å². The number of nitrogens with zero attached hydrogens (tertiary/aromatic N) is 1. The molecular formula is C16H14Br2ClNO. The van der Waals surface area contributed by atoms with Crippen LogP contribution in [0.1, 0.15) is 28.9 Å². The highest BCUT2D eigenvalue weighted by atomic mass is 79.9. The molecule has 2 aromatic rings. The van der Waals surface area contributed by atoms with E-state index >= 15 is 0 Å². The van der Waals surface area contributed by atoms with Gasteiger partial charge in [0.1, 0.15) is 0 Å². The van der Waals surface area contributed by atoms with Crippen molar-refractivity contribution < 1.29 is 4.79 Å². The highest BCUT2D eigenvalue weighted by Crippen LogP contribution is 2.27. The smallest absolute Gasteiger partial charge is 0.255 e. The number of carbonyl (C=O) groups excluding carboxylic acids is 1. The van der Waals surface area contributed by atoms with Gasteiger partial charge in [0.05, 0.1) is 11.6 Å². The lowest BCUT2D eigenvalue weighted by atomic mass is 10.1. The van der Waals surface area contributed by atoms with E-state index in [-0.39, 0.29) is 11.9 Å². The van der Waals surface area contributed by atoms with Crippen molar-refractivity contribution in [3.63, 3.8) is 0 Å². The first-order chi connectivity index (χ1) is 9.90. The Morgan fingerprint density at radius 1 is 1.14 bits per heavy atom. The molecule has 0 N–H and O–H groups in total. The standard InChI is InChI=1S/C16H14Br2ClNO/c1-10(11-3-6-13(19)7-4-11)20(2)16(21)14-9-12(17)5-8-15(14)18/h3-10H,1-2H3. The molecule has 1 amide bonds. The highest BCUT2D eigenvalue weighted by molar-refractivity contribution is 9.11. The molecule has 0 radical (unpaired) electrons. The molecule has 21 heavy (non-hydrogen) atoms. The number of amides is 1. The van der Waals surface area contributed by atoms with Crippen molar-refractivity contribution in [3.05, 3.63) is 67.6 Å². The van der Waals surface area contributed by atoms with Crippen LogP contribution in [-0.4, -0.2) is 17.9 Å². The van der Waals surface area contributed by atoms with E-state index in [1.807, 2.05) is 49.4 Å². The van der Waals surface area contributed by atoms with E-state index in [2.05, 4.69) is 31.9 Å². The minimum atomic E-state index is -0.0411. The zero-order valence-electron chi connectivity index (χ0n) is 11.6. The Bertz CT molecular complexity index is 658. The van der Waals surface area contributed by atoms with Crippen LogP contribution in [0, 0.1) is 0 Å². The number of halogens is 3. The van der Waals surface area contributed by atoms with Gasteiger partial charge in [-0.3, -0.25) is 4.79 Å². The summed E-state index contributed by atoms with van der Waals surface area (Å²) in [4.78, 5) is 14.4. The van der Waals surface area contributed by atoms with Gasteiger partial charge >= 0.3 is 0 Å². The normalized spacial score (nSPS) is 12.0. The summed E-state index contributed by atoms with van der Waals surface area (Å²) in [6.07, 6.45) is 0. The van der Waals surface area contributed by atoms with Crippen LogP contribution in [0.5, 0.6) is 0 Å². The van der Waals surface area contributed by atoms with E-state index in [1.165, 1.54) is 0 Å². The first-order valence-electron chi connectivity index (χ1n) is 6.38. The molecule has 0 spiro atoms. The number of carbonyl (C=O) groups is 1. The van der Waals surface area contributed by atoms with Gasteiger partial charge in [0.15, 0.2) is 0 Å². The lowest BCUT2D eigenvalue weighted by Crippen LogP contribution is -2.29. The topological polar surface area (TPSA) is 20.3 Å². The molecule has 2 rings (SSSR count). The predicted octanol–water partition coefficient (Wildman–Crippen LogP) is 5.70. The minimum Gasteiger partial charge on any atom is -0.335 e. The molecule has 0 aliphatic carbocycles. The van der Waals surface area contributed by atoms with Crippen LogP contribution in [0.15, 0.2) is 51.4 Å². The molecule has 0 saturated carbocycles. The summed E-state index contributed by atoms with van der Waals surface area (Å²) in [6.45, 7) is 1.99. The van der Waals surface area contributed by atoms with Crippen molar-refractivity contribution in [3.8, 4) is 0 Å². The number of rotatable bonds is 3. The van der Waals surface area contributed by atoms with E-state index in [0.29, 0.717) is 10.6 Å². The Kier molecular flexibility index (Phi) is 5.47. The predicted molar refractivity (Wildman–Crippen MR) is 93.8 cm³/mol. The molecule has 110 valence electrons. The summed E-state index contributed by atoms with van der Waals surface area (Å²) >= 11 is 12.7. The Morgan fingerprint density at radius 3 is 2.38 bits per heavy atom. The minimum absolute atomic E-state index is 0.0365. The number of hydrogen-bond acceptors (Lipinski definition) is 1. The Balaban J connectivity index is 2.26. The molecule has 0 bridgehead atoms. The first kappa shape index (κ1) is 16.5. The van der Waals surface area contributed by atoms with Gasteiger partial charge < -0.3 is 4.90 Å². The maximum Gasteiger partial charge on any atom is 0.255 e. The van der Waals surface area contributed by atoms with Gasteiger partial charge in [0.2, 0.25) is 0 Å². The van der Waals surface area contributed by atoms with E-state index < -0.39 is 0 Å². The zero-order chi connectivity index (χ0) is 15.6. The molecule has 5 heteroatoms. The maximum atomic E-state index is 12.6. The van der Waals surface area contributed by atoms with Crippen LogP contribution < -0.4 is 0 Å². The van der Waals surface area contributed by atoms with Crippen LogP contribution in [0.25, 0.3) is 0 Å². The Hall–Kier alpha value is -0.840. The van der Waals surface area contributed by atoms with Gasteiger partial charge in [-0.05, 0) is 58.7 Å². The second-order valence-corrected chi connectivity index (χ2v) is 6.97. The van der Waals surface area contributed by atoms with Gasteiger partial charge in [-0.1, -0.05) is 39.7 Å². The van der Waals surface area contributed by atoms with Crippen molar-refractivity contribution in [1.82, 2.24) is 4.90 Å². The summed E-state index contributed by atoms with van der Waals surface area (Å²) in [6, 6.07) is 13.1. The van der Waals surface area contributed by atoms with Crippen LogP contribution in [-0.2, 0) is 0 Å². The van der Waals surface area contributed by atoms with Crippen LogP contribution in [0.4, 0.5) is 0 Å². The molecule has 1 atom stereocenters. The number of hydrogen-bond donors (Lipinski definition) is 0. The fourth-order valence-corrected chi connectivity index (χ4v) is 2.90. The molecule has 0 aliphatic heterocycles. The fraction of sp³-hybridized carbons (Fsp3) is 0.188. The second-order valence-electron chi connectivity index (χ2n) is 4.77. The molecule has 0 saturated heterocycles. The zero-order valence-corrected chi connectivity index (χ0v) is 15.5. The van der Waals surface area contributed by atoms with Crippen LogP contribution in [0.2, 0.25) is 5.02 Å². The van der Waals surface area contributed by atoms with Gasteiger partial charge in [0, 0.05) is 21.0 Å². The quantitative estimate of drug-likeness (QED) is 0.611. The van der Waals surface area contributed by atoms with Gasteiger partial charge in [0.25, 0.3) is 5.91 Å². The maximum absolute atomic E-state index is 12.6. The average molecular weight is 432 g/mol. The third kappa shape index (κ3) is 3.87. The largest absolute Gasteiger partial charge is 0.335 e. The third-order valence-electron chi connectivity index (χ3n) is 3.41. The SMILES string of the molecule is CC(c1ccc(Cl)cc1)N(C)C(=O)c1cc(Br)ccc1Br. The van der Waals surface area contributed by atoms with Gasteiger partial charge in [-0.2, -0.15) is 0 Å². The van der Waals surface area contributed by atoms with Crippen molar-refractivity contribution in [2.24, 2.45) is 0 Å². The lowest BCUT2D eigenvalue weighted by Gasteiger charge is -2.26.